The molecule has 0 aliphatic heterocycles. The summed E-state index contributed by atoms with van der Waals surface area (Å²) in [5.41, 5.74) is 0. The summed E-state index contributed by atoms with van der Waals surface area (Å²) in [4.78, 5) is 15.9. The molecule has 0 unspecified atom stereocenters. The molecule has 0 atom stereocenters. The van der Waals surface area contributed by atoms with Crippen LogP contribution in [0, 0.1) is 0 Å². The minimum atomic E-state index is -0.209. The van der Waals surface area contributed by atoms with Gasteiger partial charge in [-0.3, -0.25) is 4.79 Å². The van der Waals surface area contributed by atoms with Crippen LogP contribution in [0.2, 0.25) is 0 Å². The summed E-state index contributed by atoms with van der Waals surface area (Å²) >= 11 is 0. The molecule has 0 aliphatic carbocycles. The zero-order valence-electron chi connectivity index (χ0n) is 7.91. The fourth-order valence-electron chi connectivity index (χ4n) is 1.04. The van der Waals surface area contributed by atoms with E-state index in [2.05, 4.69) is 4.98 Å². The third-order valence-corrected chi connectivity index (χ3v) is 1.66. The SMILES string of the molecule is CCOC(=O)CN(C)c1ccc[nH]1. The summed E-state index contributed by atoms with van der Waals surface area (Å²) in [6.45, 7) is 2.50. The van der Waals surface area contributed by atoms with Crippen LogP contribution in [-0.2, 0) is 9.53 Å². The number of aromatic amines is 1. The van der Waals surface area contributed by atoms with Crippen LogP contribution in [0.5, 0.6) is 0 Å². The number of H-pyrrole nitrogens is 1. The topological polar surface area (TPSA) is 45.3 Å². The number of rotatable bonds is 4. The second kappa shape index (κ2) is 4.54. The van der Waals surface area contributed by atoms with Crippen LogP contribution < -0.4 is 4.90 Å². The Morgan fingerprint density at radius 3 is 3.00 bits per heavy atom. The molecular weight excluding hydrogens is 168 g/mol. The molecule has 1 rings (SSSR count). The molecule has 4 nitrogen and oxygen atoms in total. The maximum atomic E-state index is 11.1. The highest BCUT2D eigenvalue weighted by atomic mass is 16.5. The molecule has 1 aromatic heterocycles. The largest absolute Gasteiger partial charge is 0.465 e. The average molecular weight is 182 g/mol. The number of nitrogens with zero attached hydrogens (tertiary/aromatic N) is 1. The lowest BCUT2D eigenvalue weighted by atomic mass is 10.5. The Kier molecular flexibility index (Phi) is 3.37. The maximum Gasteiger partial charge on any atom is 0.325 e. The van der Waals surface area contributed by atoms with Crippen LogP contribution in [0.25, 0.3) is 0 Å². The van der Waals surface area contributed by atoms with Crippen molar-refractivity contribution >= 4 is 11.8 Å². The van der Waals surface area contributed by atoms with Crippen molar-refractivity contribution in [2.75, 3.05) is 25.1 Å². The van der Waals surface area contributed by atoms with Crippen LogP contribution in [0.3, 0.4) is 0 Å². The minimum Gasteiger partial charge on any atom is -0.465 e. The third kappa shape index (κ3) is 2.82. The zero-order valence-corrected chi connectivity index (χ0v) is 7.91. The molecule has 0 aromatic carbocycles. The van der Waals surface area contributed by atoms with Gasteiger partial charge >= 0.3 is 5.97 Å². The van der Waals surface area contributed by atoms with E-state index in [1.165, 1.54) is 0 Å². The lowest BCUT2D eigenvalue weighted by Gasteiger charge is -2.15. The van der Waals surface area contributed by atoms with Crippen molar-refractivity contribution in [3.05, 3.63) is 18.3 Å². The number of hydrogen-bond acceptors (Lipinski definition) is 3. The van der Waals surface area contributed by atoms with E-state index < -0.39 is 0 Å². The Bertz CT molecular complexity index is 257. The number of aromatic nitrogens is 1. The van der Waals surface area contributed by atoms with E-state index in [1.54, 1.807) is 11.8 Å². The summed E-state index contributed by atoms with van der Waals surface area (Å²) in [5, 5.41) is 0. The molecule has 0 radical (unpaired) electrons. The highest BCUT2D eigenvalue weighted by Gasteiger charge is 2.07. The smallest absolute Gasteiger partial charge is 0.325 e. The van der Waals surface area contributed by atoms with Crippen LogP contribution >= 0.6 is 0 Å². The van der Waals surface area contributed by atoms with Crippen LogP contribution in [0.4, 0.5) is 5.82 Å². The first-order valence-corrected chi connectivity index (χ1v) is 4.24. The van der Waals surface area contributed by atoms with E-state index in [1.807, 2.05) is 25.4 Å². The number of hydrogen-bond donors (Lipinski definition) is 1. The van der Waals surface area contributed by atoms with Crippen molar-refractivity contribution in [3.8, 4) is 0 Å². The van der Waals surface area contributed by atoms with E-state index in [0.29, 0.717) is 6.61 Å². The molecule has 0 spiro atoms. The fourth-order valence-corrected chi connectivity index (χ4v) is 1.04. The Morgan fingerprint density at radius 1 is 1.69 bits per heavy atom. The molecule has 0 saturated carbocycles. The highest BCUT2D eigenvalue weighted by Crippen LogP contribution is 2.06. The molecular formula is C9H14N2O2. The number of esters is 1. The first-order chi connectivity index (χ1) is 6.24. The van der Waals surface area contributed by atoms with E-state index in [9.17, 15) is 4.79 Å². The van der Waals surface area contributed by atoms with Crippen molar-refractivity contribution in [1.82, 2.24) is 4.98 Å². The van der Waals surface area contributed by atoms with Crippen molar-refractivity contribution in [2.24, 2.45) is 0 Å². The van der Waals surface area contributed by atoms with Gasteiger partial charge in [-0.05, 0) is 19.1 Å². The lowest BCUT2D eigenvalue weighted by molar-refractivity contribution is -0.141. The maximum absolute atomic E-state index is 11.1. The van der Waals surface area contributed by atoms with E-state index >= 15 is 0 Å². The van der Waals surface area contributed by atoms with Gasteiger partial charge in [-0.2, -0.15) is 0 Å². The van der Waals surface area contributed by atoms with Crippen molar-refractivity contribution in [3.63, 3.8) is 0 Å². The summed E-state index contributed by atoms with van der Waals surface area (Å²) in [5.74, 6) is 0.702. The fraction of sp³-hybridized carbons (Fsp3) is 0.444. The van der Waals surface area contributed by atoms with Gasteiger partial charge < -0.3 is 14.6 Å². The Hall–Kier alpha value is -1.45. The van der Waals surface area contributed by atoms with Gasteiger partial charge in [0.2, 0.25) is 0 Å². The number of ether oxygens (including phenoxy) is 1. The first-order valence-electron chi connectivity index (χ1n) is 4.24. The van der Waals surface area contributed by atoms with Crippen LogP contribution in [0.1, 0.15) is 6.92 Å². The van der Waals surface area contributed by atoms with Gasteiger partial charge in [0.1, 0.15) is 12.4 Å². The van der Waals surface area contributed by atoms with Gasteiger partial charge in [0.25, 0.3) is 0 Å². The number of carbonyl (C=O) groups is 1. The van der Waals surface area contributed by atoms with E-state index in [-0.39, 0.29) is 12.5 Å². The molecule has 4 heteroatoms. The minimum absolute atomic E-state index is 0.209. The molecule has 0 saturated heterocycles. The second-order valence-corrected chi connectivity index (χ2v) is 2.72. The normalized spacial score (nSPS) is 9.69. The van der Waals surface area contributed by atoms with Crippen molar-refractivity contribution in [1.29, 1.82) is 0 Å². The summed E-state index contributed by atoms with van der Waals surface area (Å²) in [7, 11) is 1.84. The number of nitrogens with one attached hydrogen (secondary N) is 1. The molecule has 72 valence electrons. The zero-order chi connectivity index (χ0) is 9.68. The molecule has 13 heavy (non-hydrogen) atoms. The standard InChI is InChI=1S/C9H14N2O2/c1-3-13-9(12)7-11(2)8-5-4-6-10-8/h4-6,10H,3,7H2,1-2H3. The lowest BCUT2D eigenvalue weighted by Crippen LogP contribution is -2.27. The molecule has 0 bridgehead atoms. The predicted molar refractivity (Wildman–Crippen MR) is 50.7 cm³/mol. The highest BCUT2D eigenvalue weighted by molar-refractivity contribution is 5.75. The third-order valence-electron chi connectivity index (χ3n) is 1.66. The van der Waals surface area contributed by atoms with Gasteiger partial charge in [0.15, 0.2) is 0 Å². The second-order valence-electron chi connectivity index (χ2n) is 2.72. The van der Waals surface area contributed by atoms with E-state index in [4.69, 9.17) is 4.74 Å². The van der Waals surface area contributed by atoms with E-state index in [0.717, 1.165) is 5.82 Å². The van der Waals surface area contributed by atoms with Crippen LogP contribution in [-0.4, -0.2) is 31.2 Å². The molecule has 0 amide bonds. The summed E-state index contributed by atoms with van der Waals surface area (Å²) in [6, 6.07) is 3.79. The number of carbonyl (C=O) groups excluding carboxylic acids is 1. The van der Waals surface area contributed by atoms with Crippen LogP contribution in [0.15, 0.2) is 18.3 Å². The van der Waals surface area contributed by atoms with Crippen molar-refractivity contribution < 1.29 is 9.53 Å². The number of anilines is 1. The molecule has 0 fully saturated rings. The van der Waals surface area contributed by atoms with Gasteiger partial charge in [0.05, 0.1) is 6.61 Å². The monoisotopic (exact) mass is 182 g/mol. The van der Waals surface area contributed by atoms with Gasteiger partial charge in [0, 0.05) is 13.2 Å². The Balaban J connectivity index is 2.42. The van der Waals surface area contributed by atoms with Crippen molar-refractivity contribution in [2.45, 2.75) is 6.92 Å². The Labute approximate surface area is 77.5 Å². The molecule has 1 heterocycles. The van der Waals surface area contributed by atoms with Gasteiger partial charge in [-0.15, -0.1) is 0 Å². The average Bonchev–Trinajstić information content (AvgIpc) is 2.55. The first kappa shape index (κ1) is 9.64. The predicted octanol–water partition coefficient (Wildman–Crippen LogP) is 1.01. The molecule has 1 aromatic rings. The quantitative estimate of drug-likeness (QED) is 0.707. The Morgan fingerprint density at radius 2 is 2.46 bits per heavy atom. The molecule has 1 N–H and O–H groups in total. The summed E-state index contributed by atoms with van der Waals surface area (Å²) in [6.07, 6.45) is 1.82. The van der Waals surface area contributed by atoms with Gasteiger partial charge in [-0.25, -0.2) is 0 Å². The molecule has 0 aliphatic rings. The number of likely N-dealkylation sites (N-methyl/N-ethyl adjacent to an activating group) is 1. The summed E-state index contributed by atoms with van der Waals surface area (Å²) < 4.78 is 4.82. The van der Waals surface area contributed by atoms with Gasteiger partial charge in [-0.1, -0.05) is 0 Å².